The molecule has 1 heterocycles. The Hall–Kier alpha value is -0.920. The molecule has 0 aliphatic carbocycles. The van der Waals surface area contributed by atoms with Crippen LogP contribution < -0.4 is 5.73 Å². The topological polar surface area (TPSA) is 63.4 Å². The van der Waals surface area contributed by atoms with Crippen molar-refractivity contribution in [1.29, 1.82) is 0 Å². The van der Waals surface area contributed by atoms with Crippen molar-refractivity contribution >= 4 is 33.0 Å². The van der Waals surface area contributed by atoms with E-state index in [1.54, 1.807) is 25.2 Å². The molecule has 0 bridgehead atoms. The molecule has 0 atom stereocenters. The first-order valence-corrected chi connectivity index (χ1v) is 8.98. The van der Waals surface area contributed by atoms with Gasteiger partial charge in [-0.3, -0.25) is 0 Å². The van der Waals surface area contributed by atoms with Crippen LogP contribution in [0, 0.1) is 6.92 Å². The Kier molecular flexibility index (Phi) is 5.06. The van der Waals surface area contributed by atoms with E-state index in [0.717, 1.165) is 16.0 Å². The number of sulfonamides is 1. The number of rotatable bonds is 5. The number of aryl methyl sites for hydroxylation is 1. The molecule has 21 heavy (non-hydrogen) atoms. The Morgan fingerprint density at radius 2 is 1.90 bits per heavy atom. The van der Waals surface area contributed by atoms with E-state index in [0.29, 0.717) is 22.3 Å². The SMILES string of the molecule is Cc1cc(S(=O)(=O)N(C)Cc2ccc(Cl)cc2)sc1CN. The third kappa shape index (κ3) is 3.64. The van der Waals surface area contributed by atoms with Crippen LogP contribution in [-0.2, 0) is 23.1 Å². The van der Waals surface area contributed by atoms with E-state index in [2.05, 4.69) is 0 Å². The zero-order valence-electron chi connectivity index (χ0n) is 11.8. The molecule has 0 saturated heterocycles. The van der Waals surface area contributed by atoms with Crippen molar-refractivity contribution in [3.63, 3.8) is 0 Å². The normalized spacial score (nSPS) is 12.0. The highest BCUT2D eigenvalue weighted by molar-refractivity contribution is 7.91. The lowest BCUT2D eigenvalue weighted by Crippen LogP contribution is -2.25. The molecule has 0 fully saturated rings. The second-order valence-corrected chi connectivity index (χ2v) is 8.61. The third-order valence-corrected chi connectivity index (χ3v) is 6.93. The van der Waals surface area contributed by atoms with E-state index in [4.69, 9.17) is 17.3 Å². The molecule has 2 rings (SSSR count). The second kappa shape index (κ2) is 6.46. The van der Waals surface area contributed by atoms with Gasteiger partial charge in [-0.1, -0.05) is 23.7 Å². The van der Waals surface area contributed by atoms with Gasteiger partial charge in [0, 0.05) is 30.0 Å². The maximum Gasteiger partial charge on any atom is 0.252 e. The zero-order chi connectivity index (χ0) is 15.6. The molecule has 0 radical (unpaired) electrons. The summed E-state index contributed by atoms with van der Waals surface area (Å²) < 4.78 is 26.8. The van der Waals surface area contributed by atoms with Gasteiger partial charge in [0.2, 0.25) is 0 Å². The highest BCUT2D eigenvalue weighted by Crippen LogP contribution is 2.28. The zero-order valence-corrected chi connectivity index (χ0v) is 14.2. The molecule has 2 N–H and O–H groups in total. The average Bonchev–Trinajstić information content (AvgIpc) is 2.83. The average molecular weight is 345 g/mol. The van der Waals surface area contributed by atoms with Crippen LogP contribution in [0.4, 0.5) is 0 Å². The first-order valence-electron chi connectivity index (χ1n) is 6.34. The fourth-order valence-electron chi connectivity index (χ4n) is 1.90. The van der Waals surface area contributed by atoms with E-state index < -0.39 is 10.0 Å². The largest absolute Gasteiger partial charge is 0.326 e. The maximum absolute atomic E-state index is 12.6. The number of hydrogen-bond acceptors (Lipinski definition) is 4. The van der Waals surface area contributed by atoms with Crippen LogP contribution in [0.1, 0.15) is 16.0 Å². The van der Waals surface area contributed by atoms with E-state index in [1.165, 1.54) is 15.6 Å². The first kappa shape index (κ1) is 16.5. The van der Waals surface area contributed by atoms with E-state index >= 15 is 0 Å². The van der Waals surface area contributed by atoms with Crippen LogP contribution in [-0.4, -0.2) is 19.8 Å². The van der Waals surface area contributed by atoms with E-state index in [9.17, 15) is 8.42 Å². The standard InChI is InChI=1S/C14H17ClN2O2S2/c1-10-7-14(20-13(10)8-16)21(18,19)17(2)9-11-3-5-12(15)6-4-11/h3-7H,8-9,16H2,1-2H3. The monoisotopic (exact) mass is 344 g/mol. The van der Waals surface area contributed by atoms with Crippen molar-refractivity contribution in [3.8, 4) is 0 Å². The number of nitrogens with zero attached hydrogens (tertiary/aromatic N) is 1. The number of halogens is 1. The molecule has 114 valence electrons. The number of nitrogens with two attached hydrogens (primary N) is 1. The van der Waals surface area contributed by atoms with Crippen molar-refractivity contribution in [3.05, 3.63) is 51.4 Å². The molecule has 0 saturated carbocycles. The van der Waals surface area contributed by atoms with E-state index in [1.807, 2.05) is 19.1 Å². The first-order chi connectivity index (χ1) is 9.84. The van der Waals surface area contributed by atoms with Gasteiger partial charge in [-0.15, -0.1) is 11.3 Å². The van der Waals surface area contributed by atoms with Gasteiger partial charge < -0.3 is 5.73 Å². The summed E-state index contributed by atoms with van der Waals surface area (Å²) in [6.45, 7) is 2.53. The minimum absolute atomic E-state index is 0.300. The van der Waals surface area contributed by atoms with Crippen molar-refractivity contribution in [2.45, 2.75) is 24.2 Å². The van der Waals surface area contributed by atoms with Gasteiger partial charge in [-0.05, 0) is 36.2 Å². The van der Waals surface area contributed by atoms with Crippen LogP contribution in [0.25, 0.3) is 0 Å². The Morgan fingerprint density at radius 1 is 1.29 bits per heavy atom. The molecule has 0 spiro atoms. The van der Waals surface area contributed by atoms with Crippen molar-refractivity contribution in [2.75, 3.05) is 7.05 Å². The lowest BCUT2D eigenvalue weighted by Gasteiger charge is -2.16. The fourth-order valence-corrected chi connectivity index (χ4v) is 4.87. The summed E-state index contributed by atoms with van der Waals surface area (Å²) in [6, 6.07) is 8.82. The Morgan fingerprint density at radius 3 is 2.43 bits per heavy atom. The molecule has 0 amide bonds. The van der Waals surface area contributed by atoms with Gasteiger partial charge >= 0.3 is 0 Å². The van der Waals surface area contributed by atoms with Crippen LogP contribution in [0.5, 0.6) is 0 Å². The summed E-state index contributed by atoms with van der Waals surface area (Å²) in [4.78, 5) is 0.897. The van der Waals surface area contributed by atoms with Crippen molar-refractivity contribution in [1.82, 2.24) is 4.31 Å². The molecule has 0 unspecified atom stereocenters. The third-order valence-electron chi connectivity index (χ3n) is 3.17. The van der Waals surface area contributed by atoms with Crippen LogP contribution >= 0.6 is 22.9 Å². The fraction of sp³-hybridized carbons (Fsp3) is 0.286. The van der Waals surface area contributed by atoms with E-state index in [-0.39, 0.29) is 0 Å². The van der Waals surface area contributed by atoms with Crippen molar-refractivity contribution < 1.29 is 8.42 Å². The highest BCUT2D eigenvalue weighted by Gasteiger charge is 2.24. The Balaban J connectivity index is 2.23. The van der Waals surface area contributed by atoms with Crippen LogP contribution in [0.15, 0.2) is 34.5 Å². The summed E-state index contributed by atoms with van der Waals surface area (Å²) in [7, 11) is -1.93. The summed E-state index contributed by atoms with van der Waals surface area (Å²) in [5.74, 6) is 0. The van der Waals surface area contributed by atoms with Gasteiger partial charge in [0.05, 0.1) is 0 Å². The molecular weight excluding hydrogens is 328 g/mol. The lowest BCUT2D eigenvalue weighted by atomic mass is 10.2. The summed E-state index contributed by atoms with van der Waals surface area (Å²) in [5.41, 5.74) is 7.41. The summed E-state index contributed by atoms with van der Waals surface area (Å²) in [6.07, 6.45) is 0. The van der Waals surface area contributed by atoms with Crippen LogP contribution in [0.3, 0.4) is 0 Å². The van der Waals surface area contributed by atoms with Crippen LogP contribution in [0.2, 0.25) is 5.02 Å². The predicted molar refractivity (Wildman–Crippen MR) is 87.1 cm³/mol. The second-order valence-electron chi connectivity index (χ2n) is 4.76. The number of thiophene rings is 1. The number of benzene rings is 1. The van der Waals surface area contributed by atoms with Gasteiger partial charge in [0.25, 0.3) is 10.0 Å². The Labute approximate surface area is 134 Å². The van der Waals surface area contributed by atoms with Gasteiger partial charge in [0.1, 0.15) is 4.21 Å². The summed E-state index contributed by atoms with van der Waals surface area (Å²) in [5, 5.41) is 0.630. The van der Waals surface area contributed by atoms with Gasteiger partial charge in [-0.2, -0.15) is 4.31 Å². The lowest BCUT2D eigenvalue weighted by molar-refractivity contribution is 0.468. The molecule has 0 aliphatic heterocycles. The minimum Gasteiger partial charge on any atom is -0.326 e. The summed E-state index contributed by atoms with van der Waals surface area (Å²) >= 11 is 7.06. The molecular formula is C14H17ClN2O2S2. The quantitative estimate of drug-likeness (QED) is 0.906. The predicted octanol–water partition coefficient (Wildman–Crippen LogP) is 2.99. The molecule has 4 nitrogen and oxygen atoms in total. The minimum atomic E-state index is -3.50. The molecule has 0 aliphatic rings. The van der Waals surface area contributed by atoms with Gasteiger partial charge in [-0.25, -0.2) is 8.42 Å². The van der Waals surface area contributed by atoms with Gasteiger partial charge in [0.15, 0.2) is 0 Å². The Bertz CT molecular complexity index is 724. The molecule has 1 aromatic carbocycles. The van der Waals surface area contributed by atoms with Crippen molar-refractivity contribution in [2.24, 2.45) is 5.73 Å². The number of hydrogen-bond donors (Lipinski definition) is 1. The molecule has 7 heteroatoms. The maximum atomic E-state index is 12.6. The highest BCUT2D eigenvalue weighted by atomic mass is 35.5. The smallest absolute Gasteiger partial charge is 0.252 e. The molecule has 1 aromatic heterocycles. The molecule has 2 aromatic rings.